The summed E-state index contributed by atoms with van der Waals surface area (Å²) in [5.41, 5.74) is 4.87. The molecule has 1 unspecified atom stereocenters. The van der Waals surface area contributed by atoms with Gasteiger partial charge in [-0.2, -0.15) is 0 Å². The van der Waals surface area contributed by atoms with Crippen molar-refractivity contribution in [3.63, 3.8) is 0 Å². The van der Waals surface area contributed by atoms with Crippen molar-refractivity contribution < 1.29 is 9.53 Å². The van der Waals surface area contributed by atoms with E-state index >= 15 is 0 Å². The van der Waals surface area contributed by atoms with E-state index in [2.05, 4.69) is 0 Å². The lowest BCUT2D eigenvalue weighted by molar-refractivity contribution is -0.129. The highest BCUT2D eigenvalue weighted by atomic mass is 16.5. The van der Waals surface area contributed by atoms with Gasteiger partial charge < -0.3 is 10.5 Å². The van der Waals surface area contributed by atoms with Crippen LogP contribution >= 0.6 is 0 Å². The molecule has 1 fully saturated rings. The lowest BCUT2D eigenvalue weighted by Gasteiger charge is -2.26. The van der Waals surface area contributed by atoms with Crippen LogP contribution in [0.4, 0.5) is 0 Å². The number of carbonyl (C=O) groups excluding carboxylic acids is 1. The maximum atomic E-state index is 11.8. The lowest BCUT2D eigenvalue weighted by atomic mass is 9.83. The van der Waals surface area contributed by atoms with Gasteiger partial charge in [0.05, 0.1) is 11.2 Å². The summed E-state index contributed by atoms with van der Waals surface area (Å²) in [5, 5.41) is 0. The zero-order chi connectivity index (χ0) is 11.0. The molecular formula is C11H21NO2. The molecular weight excluding hydrogens is 178 g/mol. The molecule has 1 heterocycles. The number of nitrogens with two attached hydrogens (primary N) is 1. The van der Waals surface area contributed by atoms with E-state index in [1.807, 2.05) is 27.7 Å². The summed E-state index contributed by atoms with van der Waals surface area (Å²) < 4.78 is 5.85. The van der Waals surface area contributed by atoms with E-state index in [1.165, 1.54) is 0 Å². The molecule has 1 rings (SSSR count). The minimum Gasteiger partial charge on any atom is -0.369 e. The Kier molecular flexibility index (Phi) is 3.02. The van der Waals surface area contributed by atoms with E-state index in [-0.39, 0.29) is 22.9 Å². The Labute approximate surface area is 86.0 Å². The van der Waals surface area contributed by atoms with E-state index in [1.54, 1.807) is 0 Å². The number of ether oxygens (including phenoxy) is 1. The standard InChI is InChI=1S/C11H21NO2/c1-10(2)7-8(9(13)5-6-12)11(3,4)14-10/h8H,5-7,12H2,1-4H3. The predicted molar refractivity (Wildman–Crippen MR) is 56.0 cm³/mol. The second-order valence-corrected chi connectivity index (χ2v) is 5.23. The van der Waals surface area contributed by atoms with Gasteiger partial charge in [-0.1, -0.05) is 0 Å². The Balaban J connectivity index is 2.75. The average molecular weight is 199 g/mol. The Morgan fingerprint density at radius 2 is 2.00 bits per heavy atom. The number of ketones is 1. The molecule has 3 heteroatoms. The molecule has 0 aromatic carbocycles. The third kappa shape index (κ3) is 2.34. The van der Waals surface area contributed by atoms with Crippen molar-refractivity contribution >= 4 is 5.78 Å². The first-order chi connectivity index (χ1) is 6.28. The van der Waals surface area contributed by atoms with Crippen molar-refractivity contribution in [1.29, 1.82) is 0 Å². The van der Waals surface area contributed by atoms with E-state index in [4.69, 9.17) is 10.5 Å². The molecule has 1 aliphatic rings. The molecule has 0 saturated carbocycles. The van der Waals surface area contributed by atoms with Crippen LogP contribution in [0.5, 0.6) is 0 Å². The molecule has 1 saturated heterocycles. The Hall–Kier alpha value is -0.410. The molecule has 2 N–H and O–H groups in total. The quantitative estimate of drug-likeness (QED) is 0.749. The zero-order valence-corrected chi connectivity index (χ0v) is 9.59. The topological polar surface area (TPSA) is 52.3 Å². The van der Waals surface area contributed by atoms with Crippen LogP contribution in [-0.2, 0) is 9.53 Å². The molecule has 0 bridgehead atoms. The monoisotopic (exact) mass is 199 g/mol. The minimum absolute atomic E-state index is 0.000972. The van der Waals surface area contributed by atoms with Crippen LogP contribution in [0.2, 0.25) is 0 Å². The predicted octanol–water partition coefficient (Wildman–Crippen LogP) is 1.50. The fourth-order valence-corrected chi connectivity index (χ4v) is 2.38. The second-order valence-electron chi connectivity index (χ2n) is 5.23. The summed E-state index contributed by atoms with van der Waals surface area (Å²) in [6, 6.07) is 0. The third-order valence-corrected chi connectivity index (χ3v) is 2.85. The number of hydrogen-bond donors (Lipinski definition) is 1. The summed E-state index contributed by atoms with van der Waals surface area (Å²) in [6.07, 6.45) is 1.27. The van der Waals surface area contributed by atoms with Crippen molar-refractivity contribution in [3.05, 3.63) is 0 Å². The average Bonchev–Trinajstić information content (AvgIpc) is 2.19. The van der Waals surface area contributed by atoms with E-state index in [0.29, 0.717) is 13.0 Å². The third-order valence-electron chi connectivity index (χ3n) is 2.85. The van der Waals surface area contributed by atoms with Gasteiger partial charge in [0.2, 0.25) is 0 Å². The van der Waals surface area contributed by atoms with Crippen molar-refractivity contribution in [2.45, 2.75) is 51.7 Å². The molecule has 82 valence electrons. The van der Waals surface area contributed by atoms with Gasteiger partial charge in [0.25, 0.3) is 0 Å². The van der Waals surface area contributed by atoms with Gasteiger partial charge in [0, 0.05) is 12.3 Å². The smallest absolute Gasteiger partial charge is 0.140 e. The molecule has 0 aromatic heterocycles. The summed E-state index contributed by atoms with van der Waals surface area (Å²) in [7, 11) is 0. The summed E-state index contributed by atoms with van der Waals surface area (Å²) in [5.74, 6) is 0.240. The molecule has 1 atom stereocenters. The highest BCUT2D eigenvalue weighted by Crippen LogP contribution is 2.42. The highest BCUT2D eigenvalue weighted by molar-refractivity contribution is 5.82. The summed E-state index contributed by atoms with van der Waals surface area (Å²) in [6.45, 7) is 8.47. The maximum Gasteiger partial charge on any atom is 0.140 e. The van der Waals surface area contributed by atoms with Crippen molar-refractivity contribution in [2.24, 2.45) is 11.7 Å². The van der Waals surface area contributed by atoms with Gasteiger partial charge >= 0.3 is 0 Å². The van der Waals surface area contributed by atoms with Crippen LogP contribution in [-0.4, -0.2) is 23.5 Å². The molecule has 3 nitrogen and oxygen atoms in total. The first-order valence-corrected chi connectivity index (χ1v) is 5.21. The zero-order valence-electron chi connectivity index (χ0n) is 9.59. The number of carbonyl (C=O) groups is 1. The molecule has 1 aliphatic heterocycles. The lowest BCUT2D eigenvalue weighted by Crippen LogP contribution is -2.34. The first kappa shape index (κ1) is 11.7. The number of rotatable bonds is 3. The van der Waals surface area contributed by atoms with E-state index in [0.717, 1.165) is 6.42 Å². The van der Waals surface area contributed by atoms with Crippen LogP contribution in [0, 0.1) is 5.92 Å². The molecule has 0 spiro atoms. The number of hydrogen-bond acceptors (Lipinski definition) is 3. The van der Waals surface area contributed by atoms with Gasteiger partial charge in [0.15, 0.2) is 0 Å². The maximum absolute atomic E-state index is 11.8. The molecule has 0 radical (unpaired) electrons. The van der Waals surface area contributed by atoms with Crippen molar-refractivity contribution in [3.8, 4) is 0 Å². The fraction of sp³-hybridized carbons (Fsp3) is 0.909. The SMILES string of the molecule is CC1(C)CC(C(=O)CCN)C(C)(C)O1. The largest absolute Gasteiger partial charge is 0.369 e. The van der Waals surface area contributed by atoms with E-state index < -0.39 is 0 Å². The van der Waals surface area contributed by atoms with Gasteiger partial charge in [-0.25, -0.2) is 0 Å². The molecule has 0 amide bonds. The van der Waals surface area contributed by atoms with E-state index in [9.17, 15) is 4.79 Å². The Bertz CT molecular complexity index is 233. The van der Waals surface area contributed by atoms with Crippen LogP contribution < -0.4 is 5.73 Å². The molecule has 0 aromatic rings. The van der Waals surface area contributed by atoms with Crippen LogP contribution in [0.3, 0.4) is 0 Å². The van der Waals surface area contributed by atoms with Crippen molar-refractivity contribution in [1.82, 2.24) is 0 Å². The van der Waals surface area contributed by atoms with Gasteiger partial charge in [-0.05, 0) is 40.7 Å². The van der Waals surface area contributed by atoms with Gasteiger partial charge in [-0.15, -0.1) is 0 Å². The van der Waals surface area contributed by atoms with Crippen LogP contribution in [0.25, 0.3) is 0 Å². The normalized spacial score (nSPS) is 29.1. The molecule has 14 heavy (non-hydrogen) atoms. The minimum atomic E-state index is -0.338. The van der Waals surface area contributed by atoms with Crippen LogP contribution in [0.1, 0.15) is 40.5 Å². The first-order valence-electron chi connectivity index (χ1n) is 5.21. The number of Topliss-reactive ketones (excluding diaryl/α,β-unsaturated/α-hetero) is 1. The molecule has 0 aliphatic carbocycles. The van der Waals surface area contributed by atoms with Crippen molar-refractivity contribution in [2.75, 3.05) is 6.54 Å². The Morgan fingerprint density at radius 1 is 1.43 bits per heavy atom. The summed E-state index contributed by atoms with van der Waals surface area (Å²) in [4.78, 5) is 11.8. The van der Waals surface area contributed by atoms with Gasteiger partial charge in [-0.3, -0.25) is 4.79 Å². The summed E-state index contributed by atoms with van der Waals surface area (Å²) >= 11 is 0. The van der Waals surface area contributed by atoms with Crippen LogP contribution in [0.15, 0.2) is 0 Å². The van der Waals surface area contributed by atoms with Gasteiger partial charge in [0.1, 0.15) is 5.78 Å². The highest BCUT2D eigenvalue weighted by Gasteiger charge is 2.48. The fourth-order valence-electron chi connectivity index (χ4n) is 2.38. The second kappa shape index (κ2) is 3.63. The Morgan fingerprint density at radius 3 is 2.36 bits per heavy atom.